The van der Waals surface area contributed by atoms with Crippen LogP contribution in [0.5, 0.6) is 5.75 Å². The second-order valence-corrected chi connectivity index (χ2v) is 7.82. The van der Waals surface area contributed by atoms with Crippen molar-refractivity contribution in [3.8, 4) is 5.75 Å². The van der Waals surface area contributed by atoms with E-state index in [4.69, 9.17) is 9.73 Å². The first kappa shape index (κ1) is 19.6. The summed E-state index contributed by atoms with van der Waals surface area (Å²) in [5.41, 5.74) is 0.745. The van der Waals surface area contributed by atoms with Crippen molar-refractivity contribution in [1.82, 2.24) is 10.6 Å². The summed E-state index contributed by atoms with van der Waals surface area (Å²) in [6.07, 6.45) is 1.75. The summed E-state index contributed by atoms with van der Waals surface area (Å²) < 4.78 is 6.11. The number of nitrogens with one attached hydrogen (secondary N) is 2. The molecule has 0 aromatic heterocycles. The van der Waals surface area contributed by atoms with Gasteiger partial charge in [-0.15, -0.1) is 0 Å². The van der Waals surface area contributed by atoms with Crippen LogP contribution >= 0.6 is 0 Å². The van der Waals surface area contributed by atoms with Gasteiger partial charge in [0.05, 0.1) is 19.2 Å². The van der Waals surface area contributed by atoms with Gasteiger partial charge in [0.15, 0.2) is 5.96 Å². The molecule has 2 rings (SSSR count). The van der Waals surface area contributed by atoms with Crippen molar-refractivity contribution in [1.29, 1.82) is 0 Å². The van der Waals surface area contributed by atoms with Crippen molar-refractivity contribution in [2.75, 3.05) is 19.7 Å². The summed E-state index contributed by atoms with van der Waals surface area (Å²) in [6.45, 7) is 12.0. The second kappa shape index (κ2) is 8.09. The quantitative estimate of drug-likeness (QED) is 0.546. The largest absolute Gasteiger partial charge is 0.487 e. The van der Waals surface area contributed by atoms with Crippen LogP contribution in [0.1, 0.15) is 59.1 Å². The normalized spacial score (nSPS) is 21.7. The van der Waals surface area contributed by atoms with E-state index >= 15 is 0 Å². The predicted octanol–water partition coefficient (Wildman–Crippen LogP) is 3.25. The van der Waals surface area contributed by atoms with Crippen LogP contribution in [0, 0.1) is 5.41 Å². The summed E-state index contributed by atoms with van der Waals surface area (Å²) in [7, 11) is 0. The van der Waals surface area contributed by atoms with Gasteiger partial charge in [0.2, 0.25) is 0 Å². The molecule has 0 bridgehead atoms. The number of hydrogen-bond donors (Lipinski definition) is 3. The summed E-state index contributed by atoms with van der Waals surface area (Å²) >= 11 is 0. The minimum absolute atomic E-state index is 0.138. The SMILES string of the molecule is CCNC(=NCC(C)(CC)CO)NC1CC(C)(C)Oc2ccccc21. The molecule has 5 heteroatoms. The van der Waals surface area contributed by atoms with Gasteiger partial charge in [0.1, 0.15) is 11.4 Å². The smallest absolute Gasteiger partial charge is 0.191 e. The first-order valence-electron chi connectivity index (χ1n) is 9.26. The highest BCUT2D eigenvalue weighted by molar-refractivity contribution is 5.80. The van der Waals surface area contributed by atoms with Gasteiger partial charge in [0.25, 0.3) is 0 Å². The molecule has 1 aromatic rings. The molecule has 0 radical (unpaired) electrons. The molecule has 1 aliphatic rings. The fourth-order valence-corrected chi connectivity index (χ4v) is 2.96. The van der Waals surface area contributed by atoms with Crippen molar-refractivity contribution >= 4 is 5.96 Å². The Morgan fingerprint density at radius 3 is 2.72 bits per heavy atom. The first-order valence-corrected chi connectivity index (χ1v) is 9.26. The maximum absolute atomic E-state index is 9.62. The lowest BCUT2D eigenvalue weighted by atomic mass is 9.89. The molecule has 1 aliphatic heterocycles. The molecule has 0 saturated heterocycles. The van der Waals surface area contributed by atoms with Gasteiger partial charge in [-0.1, -0.05) is 32.0 Å². The van der Waals surface area contributed by atoms with Crippen LogP contribution in [0.4, 0.5) is 0 Å². The Hall–Kier alpha value is -1.75. The van der Waals surface area contributed by atoms with Crippen LogP contribution in [-0.4, -0.2) is 36.4 Å². The van der Waals surface area contributed by atoms with Crippen LogP contribution < -0.4 is 15.4 Å². The van der Waals surface area contributed by atoms with Crippen molar-refractivity contribution in [3.63, 3.8) is 0 Å². The van der Waals surface area contributed by atoms with Gasteiger partial charge in [-0.3, -0.25) is 4.99 Å². The van der Waals surface area contributed by atoms with E-state index in [9.17, 15) is 5.11 Å². The Labute approximate surface area is 151 Å². The van der Waals surface area contributed by atoms with Crippen LogP contribution in [-0.2, 0) is 0 Å². The van der Waals surface area contributed by atoms with E-state index in [2.05, 4.69) is 51.3 Å². The summed E-state index contributed by atoms with van der Waals surface area (Å²) in [5, 5.41) is 16.5. The molecule has 140 valence electrons. The molecule has 0 amide bonds. The zero-order chi connectivity index (χ0) is 18.5. The molecule has 0 fully saturated rings. The van der Waals surface area contributed by atoms with Gasteiger partial charge < -0.3 is 20.5 Å². The average Bonchev–Trinajstić information content (AvgIpc) is 2.58. The molecular weight excluding hydrogens is 314 g/mol. The van der Waals surface area contributed by atoms with E-state index in [1.807, 2.05) is 18.2 Å². The molecule has 2 atom stereocenters. The molecule has 25 heavy (non-hydrogen) atoms. The number of para-hydroxylation sites is 1. The topological polar surface area (TPSA) is 65.9 Å². The summed E-state index contributed by atoms with van der Waals surface area (Å²) in [4.78, 5) is 4.74. The van der Waals surface area contributed by atoms with E-state index in [-0.39, 0.29) is 23.7 Å². The second-order valence-electron chi connectivity index (χ2n) is 7.82. The number of aliphatic hydroxyl groups excluding tert-OH is 1. The standard InChI is InChI=1S/C20H33N3O2/c1-6-20(5,14-24)13-22-18(21-7-2)23-16-12-19(3,4)25-17-11-9-8-10-15(16)17/h8-11,16,24H,6-7,12-14H2,1-5H3,(H2,21,22,23). The fourth-order valence-electron chi connectivity index (χ4n) is 2.96. The zero-order valence-corrected chi connectivity index (χ0v) is 16.2. The van der Waals surface area contributed by atoms with Crippen LogP contribution in [0.3, 0.4) is 0 Å². The first-order chi connectivity index (χ1) is 11.8. The third-order valence-corrected chi connectivity index (χ3v) is 4.89. The van der Waals surface area contributed by atoms with Crippen LogP contribution in [0.25, 0.3) is 0 Å². The molecular formula is C20H33N3O2. The van der Waals surface area contributed by atoms with Gasteiger partial charge in [0, 0.05) is 23.9 Å². The molecule has 1 aromatic carbocycles. The molecule has 1 heterocycles. The summed E-state index contributed by atoms with van der Waals surface area (Å²) in [5.74, 6) is 1.72. The van der Waals surface area contributed by atoms with Crippen LogP contribution in [0.15, 0.2) is 29.3 Å². The third-order valence-electron chi connectivity index (χ3n) is 4.89. The lowest BCUT2D eigenvalue weighted by molar-refractivity contribution is 0.0693. The van der Waals surface area contributed by atoms with E-state index in [0.717, 1.165) is 36.7 Å². The molecule has 0 spiro atoms. The van der Waals surface area contributed by atoms with Crippen molar-refractivity contribution < 1.29 is 9.84 Å². The molecule has 3 N–H and O–H groups in total. The predicted molar refractivity (Wildman–Crippen MR) is 103 cm³/mol. The highest BCUT2D eigenvalue weighted by Gasteiger charge is 2.34. The van der Waals surface area contributed by atoms with E-state index in [1.54, 1.807) is 0 Å². The zero-order valence-electron chi connectivity index (χ0n) is 16.2. The minimum atomic E-state index is -0.230. The van der Waals surface area contributed by atoms with Crippen LogP contribution in [0.2, 0.25) is 0 Å². The monoisotopic (exact) mass is 347 g/mol. The Balaban J connectivity index is 2.21. The van der Waals surface area contributed by atoms with Gasteiger partial charge in [-0.2, -0.15) is 0 Å². The maximum atomic E-state index is 9.62. The third kappa shape index (κ3) is 5.11. The number of aliphatic imine (C=N–C) groups is 1. The number of fused-ring (bicyclic) bond motifs is 1. The average molecular weight is 348 g/mol. The molecule has 0 aliphatic carbocycles. The van der Waals surface area contributed by atoms with E-state index < -0.39 is 0 Å². The Bertz CT molecular complexity index is 594. The Morgan fingerprint density at radius 2 is 2.08 bits per heavy atom. The van der Waals surface area contributed by atoms with E-state index in [1.165, 1.54) is 0 Å². The number of ether oxygens (including phenoxy) is 1. The molecule has 2 unspecified atom stereocenters. The van der Waals surface area contributed by atoms with Gasteiger partial charge in [-0.25, -0.2) is 0 Å². The van der Waals surface area contributed by atoms with E-state index in [0.29, 0.717) is 6.54 Å². The van der Waals surface area contributed by atoms with Crippen molar-refractivity contribution in [3.05, 3.63) is 29.8 Å². The number of guanidine groups is 1. The maximum Gasteiger partial charge on any atom is 0.191 e. The number of nitrogens with zero attached hydrogens (tertiary/aromatic N) is 1. The Morgan fingerprint density at radius 1 is 1.36 bits per heavy atom. The van der Waals surface area contributed by atoms with Gasteiger partial charge in [-0.05, 0) is 33.3 Å². The minimum Gasteiger partial charge on any atom is -0.487 e. The highest BCUT2D eigenvalue weighted by atomic mass is 16.5. The number of rotatable bonds is 6. The van der Waals surface area contributed by atoms with Crippen molar-refractivity contribution in [2.24, 2.45) is 10.4 Å². The lowest BCUT2D eigenvalue weighted by Crippen LogP contribution is -2.45. The number of aliphatic hydroxyl groups is 1. The van der Waals surface area contributed by atoms with Crippen molar-refractivity contribution in [2.45, 2.75) is 59.1 Å². The molecule has 5 nitrogen and oxygen atoms in total. The highest BCUT2D eigenvalue weighted by Crippen LogP contribution is 2.39. The number of hydrogen-bond acceptors (Lipinski definition) is 3. The number of benzene rings is 1. The lowest BCUT2D eigenvalue weighted by Gasteiger charge is -2.38. The summed E-state index contributed by atoms with van der Waals surface area (Å²) in [6, 6.07) is 8.31. The Kier molecular flexibility index (Phi) is 6.33. The van der Waals surface area contributed by atoms with Gasteiger partial charge >= 0.3 is 0 Å². The molecule has 0 saturated carbocycles. The fraction of sp³-hybridized carbons (Fsp3) is 0.650.